The summed E-state index contributed by atoms with van der Waals surface area (Å²) in [4.78, 5) is 12.3. The summed E-state index contributed by atoms with van der Waals surface area (Å²) in [6.07, 6.45) is 0.841. The molecule has 4 aromatic rings. The molecule has 0 atom stereocenters. The average molecular weight is 480 g/mol. The van der Waals surface area contributed by atoms with Crippen molar-refractivity contribution >= 4 is 5.97 Å². The monoisotopic (exact) mass is 480 g/mol. The molecule has 35 heavy (non-hydrogen) atoms. The minimum Gasteiger partial charge on any atom is -0.494 e. The fraction of sp³-hybridized carbons (Fsp3) is 0.107. The third-order valence-electron chi connectivity index (χ3n) is 5.62. The van der Waals surface area contributed by atoms with E-state index in [1.54, 1.807) is 12.1 Å². The zero-order valence-electron chi connectivity index (χ0n) is 18.9. The lowest BCUT2D eigenvalue weighted by atomic mass is 9.98. The van der Waals surface area contributed by atoms with Crippen LogP contribution in [0.3, 0.4) is 0 Å². The first-order chi connectivity index (χ1) is 16.8. The first-order valence-corrected chi connectivity index (χ1v) is 10.8. The van der Waals surface area contributed by atoms with Gasteiger partial charge in [0.2, 0.25) is 5.82 Å². The van der Waals surface area contributed by atoms with Gasteiger partial charge >= 0.3 is 5.97 Å². The number of hydrogen-bond acceptors (Lipinski definition) is 3. The van der Waals surface area contributed by atoms with Crippen molar-refractivity contribution in [2.45, 2.75) is 13.3 Å². The van der Waals surface area contributed by atoms with E-state index in [0.29, 0.717) is 11.1 Å². The Morgan fingerprint density at radius 1 is 0.686 bits per heavy atom. The van der Waals surface area contributed by atoms with Gasteiger partial charge in [-0.3, -0.25) is 0 Å². The lowest BCUT2D eigenvalue weighted by molar-refractivity contribution is 0.0728. The molecule has 0 N–H and O–H groups in total. The lowest BCUT2D eigenvalue weighted by Crippen LogP contribution is -2.12. The van der Waals surface area contributed by atoms with Crippen molar-refractivity contribution in [2.24, 2.45) is 0 Å². The summed E-state index contributed by atoms with van der Waals surface area (Å²) in [7, 11) is 1.17. The van der Waals surface area contributed by atoms with Crippen LogP contribution in [-0.2, 0) is 6.42 Å². The summed E-state index contributed by atoms with van der Waals surface area (Å²) < 4.78 is 67.5. The summed E-state index contributed by atoms with van der Waals surface area (Å²) in [5, 5.41) is 0. The molecule has 0 aromatic heterocycles. The van der Waals surface area contributed by atoms with Crippen LogP contribution in [-0.4, -0.2) is 13.1 Å². The Balaban J connectivity index is 1.55. The maximum absolute atomic E-state index is 14.9. The second-order valence-corrected chi connectivity index (χ2v) is 7.70. The van der Waals surface area contributed by atoms with Gasteiger partial charge in [0.25, 0.3) is 0 Å². The van der Waals surface area contributed by atoms with Crippen molar-refractivity contribution in [1.29, 1.82) is 0 Å². The molecule has 0 aliphatic heterocycles. The fourth-order valence-electron chi connectivity index (χ4n) is 3.63. The number of benzene rings is 4. The molecular formula is C28H20F4O3. The standard InChI is InChI=1S/C28H20F4O3/c1-3-16-4-6-17(7-5-16)20-12-13-21(25(30)24(20)29)18-8-10-19(11-9-18)35-28(33)22-14-15-23(34-2)27(32)26(22)31/h4-15H,3H2,1-2H3. The van der Waals surface area contributed by atoms with Crippen LogP contribution >= 0.6 is 0 Å². The summed E-state index contributed by atoms with van der Waals surface area (Å²) in [5.74, 6) is -6.13. The Bertz CT molecular complexity index is 1380. The van der Waals surface area contributed by atoms with Crippen molar-refractivity contribution in [3.05, 3.63) is 107 Å². The molecule has 178 valence electrons. The number of aryl methyl sites for hydroxylation is 1. The number of ether oxygens (including phenoxy) is 2. The molecule has 0 aliphatic rings. The van der Waals surface area contributed by atoms with E-state index in [-0.39, 0.29) is 22.6 Å². The normalized spacial score (nSPS) is 10.8. The lowest BCUT2D eigenvalue weighted by Gasteiger charge is -2.11. The highest BCUT2D eigenvalue weighted by Gasteiger charge is 2.21. The van der Waals surface area contributed by atoms with Gasteiger partial charge in [0.15, 0.2) is 23.2 Å². The van der Waals surface area contributed by atoms with E-state index in [1.807, 2.05) is 19.1 Å². The number of esters is 1. The van der Waals surface area contributed by atoms with Crippen molar-refractivity contribution in [3.8, 4) is 33.8 Å². The number of halogens is 4. The van der Waals surface area contributed by atoms with E-state index < -0.39 is 34.8 Å². The van der Waals surface area contributed by atoms with Gasteiger partial charge in [-0.05, 0) is 47.4 Å². The average Bonchev–Trinajstić information content (AvgIpc) is 2.88. The van der Waals surface area contributed by atoms with Crippen LogP contribution < -0.4 is 9.47 Å². The predicted molar refractivity (Wildman–Crippen MR) is 124 cm³/mol. The van der Waals surface area contributed by atoms with Crippen molar-refractivity contribution < 1.29 is 31.8 Å². The highest BCUT2D eigenvalue weighted by Crippen LogP contribution is 2.32. The van der Waals surface area contributed by atoms with E-state index in [2.05, 4.69) is 4.74 Å². The number of hydrogen-bond donors (Lipinski definition) is 0. The number of carbonyl (C=O) groups excluding carboxylic acids is 1. The molecule has 0 spiro atoms. The second kappa shape index (κ2) is 10.0. The molecule has 0 saturated heterocycles. The Morgan fingerprint density at radius 3 is 1.74 bits per heavy atom. The minimum atomic E-state index is -1.40. The van der Waals surface area contributed by atoms with Gasteiger partial charge in [-0.25, -0.2) is 18.0 Å². The minimum absolute atomic E-state index is 0.0166. The largest absolute Gasteiger partial charge is 0.494 e. The zero-order chi connectivity index (χ0) is 25.1. The van der Waals surface area contributed by atoms with Gasteiger partial charge in [0, 0.05) is 11.1 Å². The maximum Gasteiger partial charge on any atom is 0.346 e. The molecule has 0 radical (unpaired) electrons. The highest BCUT2D eigenvalue weighted by atomic mass is 19.2. The molecular weight excluding hydrogens is 460 g/mol. The molecule has 0 fully saturated rings. The first kappa shape index (κ1) is 24.0. The van der Waals surface area contributed by atoms with Gasteiger partial charge in [0.05, 0.1) is 12.7 Å². The smallest absolute Gasteiger partial charge is 0.346 e. The summed E-state index contributed by atoms with van der Waals surface area (Å²) in [5.41, 5.74) is 1.56. The Kier molecular flexibility index (Phi) is 6.87. The molecule has 4 aromatic carbocycles. The first-order valence-electron chi connectivity index (χ1n) is 10.8. The quantitative estimate of drug-likeness (QED) is 0.164. The third kappa shape index (κ3) is 4.75. The molecule has 0 bridgehead atoms. The summed E-state index contributed by atoms with van der Waals surface area (Å²) >= 11 is 0. The second-order valence-electron chi connectivity index (χ2n) is 7.70. The van der Waals surface area contributed by atoms with E-state index in [9.17, 15) is 22.4 Å². The van der Waals surface area contributed by atoms with Gasteiger partial charge < -0.3 is 9.47 Å². The Morgan fingerprint density at radius 2 is 1.23 bits per heavy atom. The molecule has 4 rings (SSSR count). The maximum atomic E-state index is 14.9. The molecule has 0 unspecified atom stereocenters. The van der Waals surface area contributed by atoms with Gasteiger partial charge in [-0.15, -0.1) is 0 Å². The number of rotatable bonds is 6. The van der Waals surface area contributed by atoms with Crippen LogP contribution in [0.15, 0.2) is 72.8 Å². The Labute approximate surface area is 199 Å². The van der Waals surface area contributed by atoms with Crippen LogP contribution in [0.2, 0.25) is 0 Å². The van der Waals surface area contributed by atoms with E-state index in [0.717, 1.165) is 24.1 Å². The molecule has 7 heteroatoms. The SMILES string of the molecule is CCc1ccc(-c2ccc(-c3ccc(OC(=O)c4ccc(OC)c(F)c4F)cc3)c(F)c2F)cc1. The Hall–Kier alpha value is -4.13. The predicted octanol–water partition coefficient (Wildman–Crippen LogP) is 7.37. The van der Waals surface area contributed by atoms with Crippen LogP contribution in [0.25, 0.3) is 22.3 Å². The van der Waals surface area contributed by atoms with E-state index in [1.165, 1.54) is 43.5 Å². The van der Waals surface area contributed by atoms with E-state index in [4.69, 9.17) is 4.74 Å². The third-order valence-corrected chi connectivity index (χ3v) is 5.62. The van der Waals surface area contributed by atoms with Gasteiger partial charge in [0.1, 0.15) is 5.75 Å². The number of methoxy groups -OCH3 is 1. The molecule has 0 aliphatic carbocycles. The molecule has 0 saturated carbocycles. The summed E-state index contributed by atoms with van der Waals surface area (Å²) in [6, 6.07) is 17.9. The van der Waals surface area contributed by atoms with Gasteiger partial charge in [-0.1, -0.05) is 55.5 Å². The molecule has 3 nitrogen and oxygen atoms in total. The number of carbonyl (C=O) groups is 1. The van der Waals surface area contributed by atoms with Crippen LogP contribution in [0.5, 0.6) is 11.5 Å². The van der Waals surface area contributed by atoms with Crippen molar-refractivity contribution in [1.82, 2.24) is 0 Å². The molecule has 0 amide bonds. The van der Waals surface area contributed by atoms with Crippen LogP contribution in [0.4, 0.5) is 17.6 Å². The van der Waals surface area contributed by atoms with Crippen LogP contribution in [0.1, 0.15) is 22.8 Å². The highest BCUT2D eigenvalue weighted by molar-refractivity contribution is 5.91. The van der Waals surface area contributed by atoms with E-state index >= 15 is 0 Å². The van der Waals surface area contributed by atoms with Crippen molar-refractivity contribution in [3.63, 3.8) is 0 Å². The van der Waals surface area contributed by atoms with Gasteiger partial charge in [-0.2, -0.15) is 4.39 Å². The zero-order valence-corrected chi connectivity index (χ0v) is 18.9. The summed E-state index contributed by atoms with van der Waals surface area (Å²) in [6.45, 7) is 2.01. The molecule has 0 heterocycles. The van der Waals surface area contributed by atoms with Crippen molar-refractivity contribution in [2.75, 3.05) is 7.11 Å². The topological polar surface area (TPSA) is 35.5 Å². The van der Waals surface area contributed by atoms with Crippen LogP contribution in [0, 0.1) is 23.3 Å². The fourth-order valence-corrected chi connectivity index (χ4v) is 3.63.